The average Bonchev–Trinajstić information content (AvgIpc) is 3.51. The summed E-state index contributed by atoms with van der Waals surface area (Å²) in [4.78, 5) is 32.5. The standard InChI is InChI=1S/C26H22FN7O2/c27-19-5-3-17(4-6-19)22-23(34-14-15-36-26(34)32-22)21-9-12-29-25(31-21)30-20-2-1-13-33(16-20)24(35)18-7-10-28-11-8-18/h3-12,14-15,20H,1-2,13,16H2,(H,29,30,31)/t20-/m1/s1. The van der Waals surface area contributed by atoms with Crippen molar-refractivity contribution in [1.29, 1.82) is 0 Å². The first-order chi connectivity index (χ1) is 17.7. The number of piperidine rings is 1. The zero-order valence-corrected chi connectivity index (χ0v) is 19.2. The maximum atomic E-state index is 13.5. The molecular formula is C26H22FN7O2. The number of likely N-dealkylation sites (tertiary alicyclic amines) is 1. The van der Waals surface area contributed by atoms with E-state index < -0.39 is 0 Å². The van der Waals surface area contributed by atoms with Gasteiger partial charge >= 0.3 is 5.84 Å². The molecule has 0 spiro atoms. The van der Waals surface area contributed by atoms with Crippen molar-refractivity contribution >= 4 is 17.7 Å². The monoisotopic (exact) mass is 483 g/mol. The van der Waals surface area contributed by atoms with Crippen molar-refractivity contribution < 1.29 is 13.6 Å². The van der Waals surface area contributed by atoms with Gasteiger partial charge in [0.1, 0.15) is 23.5 Å². The van der Waals surface area contributed by atoms with Gasteiger partial charge in [-0.2, -0.15) is 4.98 Å². The third-order valence-corrected chi connectivity index (χ3v) is 6.25. The predicted octanol–water partition coefficient (Wildman–Crippen LogP) is 4.30. The summed E-state index contributed by atoms with van der Waals surface area (Å²) >= 11 is 0. The number of oxazole rings is 1. The molecule has 1 aliphatic heterocycles. The number of nitrogens with one attached hydrogen (secondary N) is 1. The molecular weight excluding hydrogens is 461 g/mol. The van der Waals surface area contributed by atoms with E-state index in [-0.39, 0.29) is 17.8 Å². The number of fused-ring (bicyclic) bond motifs is 1. The Morgan fingerprint density at radius 3 is 2.72 bits per heavy atom. The van der Waals surface area contributed by atoms with Gasteiger partial charge in [-0.15, -0.1) is 0 Å². The van der Waals surface area contributed by atoms with Crippen LogP contribution in [0.15, 0.2) is 77.9 Å². The number of anilines is 1. The number of benzene rings is 1. The lowest BCUT2D eigenvalue weighted by atomic mass is 10.0. The van der Waals surface area contributed by atoms with E-state index in [1.54, 1.807) is 65.8 Å². The van der Waals surface area contributed by atoms with Crippen LogP contribution in [0, 0.1) is 5.82 Å². The van der Waals surface area contributed by atoms with Gasteiger partial charge in [0.15, 0.2) is 0 Å². The van der Waals surface area contributed by atoms with E-state index in [2.05, 4.69) is 20.3 Å². The smallest absolute Gasteiger partial charge is 0.306 e. The highest BCUT2D eigenvalue weighted by Gasteiger charge is 2.25. The lowest BCUT2D eigenvalue weighted by Gasteiger charge is -2.33. The summed E-state index contributed by atoms with van der Waals surface area (Å²) in [6.07, 6.45) is 10.0. The van der Waals surface area contributed by atoms with Crippen molar-refractivity contribution in [1.82, 2.24) is 29.2 Å². The van der Waals surface area contributed by atoms with Gasteiger partial charge in [0.25, 0.3) is 5.91 Å². The number of carbonyl (C=O) groups is 1. The fourth-order valence-corrected chi connectivity index (χ4v) is 4.54. The number of rotatable bonds is 5. The number of halogens is 1. The third kappa shape index (κ3) is 4.17. The molecule has 0 bridgehead atoms. The summed E-state index contributed by atoms with van der Waals surface area (Å²) in [5.41, 5.74) is 3.36. The summed E-state index contributed by atoms with van der Waals surface area (Å²) in [6.45, 7) is 1.25. The predicted molar refractivity (Wildman–Crippen MR) is 131 cm³/mol. The maximum Gasteiger partial charge on any atom is 0.306 e. The highest BCUT2D eigenvalue weighted by Crippen LogP contribution is 2.32. The SMILES string of the molecule is O=C(c1ccncc1)N1CCC[C@@H](Nc2nccc(-c3c(-c4ccc(F)cc4)nc4occn34)n2)C1. The zero-order chi connectivity index (χ0) is 24.5. The highest BCUT2D eigenvalue weighted by molar-refractivity contribution is 5.94. The molecule has 9 nitrogen and oxygen atoms in total. The highest BCUT2D eigenvalue weighted by atomic mass is 19.1. The van der Waals surface area contributed by atoms with Crippen molar-refractivity contribution in [3.63, 3.8) is 0 Å². The van der Waals surface area contributed by atoms with Crippen LogP contribution >= 0.6 is 0 Å². The lowest BCUT2D eigenvalue weighted by molar-refractivity contribution is 0.0714. The Balaban J connectivity index is 1.27. The second-order valence-electron chi connectivity index (χ2n) is 8.61. The number of hydrogen-bond acceptors (Lipinski definition) is 7. The van der Waals surface area contributed by atoms with Gasteiger partial charge in [0, 0.05) is 55.0 Å². The van der Waals surface area contributed by atoms with Crippen molar-refractivity contribution in [2.24, 2.45) is 0 Å². The molecule has 10 heteroatoms. The van der Waals surface area contributed by atoms with Crippen LogP contribution in [0.25, 0.3) is 28.5 Å². The van der Waals surface area contributed by atoms with E-state index in [4.69, 9.17) is 9.40 Å². The number of hydrogen-bond donors (Lipinski definition) is 1. The normalized spacial score (nSPS) is 15.8. The summed E-state index contributed by atoms with van der Waals surface area (Å²) in [5.74, 6) is 0.541. The lowest BCUT2D eigenvalue weighted by Crippen LogP contribution is -2.45. The van der Waals surface area contributed by atoms with Crippen LogP contribution in [0.3, 0.4) is 0 Å². The Kier molecular flexibility index (Phi) is 5.61. The Labute approximate surface area is 205 Å². The number of imidazole rings is 1. The molecule has 0 aliphatic carbocycles. The number of pyridine rings is 1. The molecule has 0 unspecified atom stereocenters. The molecule has 180 valence electrons. The van der Waals surface area contributed by atoms with Crippen molar-refractivity contribution in [3.05, 3.63) is 84.9 Å². The number of amides is 1. The first kappa shape index (κ1) is 21.9. The molecule has 6 rings (SSSR count). The van der Waals surface area contributed by atoms with Crippen LogP contribution in [0.5, 0.6) is 0 Å². The molecule has 1 saturated heterocycles. The number of aromatic nitrogens is 5. The van der Waals surface area contributed by atoms with E-state index >= 15 is 0 Å². The summed E-state index contributed by atoms with van der Waals surface area (Å²) in [5, 5.41) is 3.40. The Bertz CT molecular complexity index is 1510. The second-order valence-corrected chi connectivity index (χ2v) is 8.61. The first-order valence-corrected chi connectivity index (χ1v) is 11.7. The van der Waals surface area contributed by atoms with Gasteiger partial charge in [-0.1, -0.05) is 0 Å². The van der Waals surface area contributed by atoms with Crippen molar-refractivity contribution in [3.8, 4) is 22.6 Å². The minimum atomic E-state index is -0.319. The van der Waals surface area contributed by atoms with Gasteiger partial charge in [0.2, 0.25) is 5.95 Å². The molecule has 1 N–H and O–H groups in total. The average molecular weight is 484 g/mol. The van der Waals surface area contributed by atoms with Gasteiger partial charge < -0.3 is 14.6 Å². The van der Waals surface area contributed by atoms with E-state index in [0.717, 1.165) is 18.4 Å². The van der Waals surface area contributed by atoms with Crippen LogP contribution in [0.2, 0.25) is 0 Å². The van der Waals surface area contributed by atoms with Crippen LogP contribution in [-0.2, 0) is 0 Å². The quantitative estimate of drug-likeness (QED) is 0.398. The summed E-state index contributed by atoms with van der Waals surface area (Å²) in [6, 6.07) is 11.4. The third-order valence-electron chi connectivity index (χ3n) is 6.25. The molecule has 1 fully saturated rings. The largest absolute Gasteiger partial charge is 0.432 e. The topological polar surface area (TPSA) is 101 Å². The molecule has 1 aromatic carbocycles. The summed E-state index contributed by atoms with van der Waals surface area (Å²) in [7, 11) is 0. The Morgan fingerprint density at radius 1 is 1.06 bits per heavy atom. The minimum absolute atomic E-state index is 0.00995. The van der Waals surface area contributed by atoms with E-state index in [0.29, 0.717) is 47.5 Å². The second kappa shape index (κ2) is 9.21. The van der Waals surface area contributed by atoms with Crippen LogP contribution in [0.4, 0.5) is 10.3 Å². The van der Waals surface area contributed by atoms with Gasteiger partial charge in [-0.25, -0.2) is 14.4 Å². The zero-order valence-electron chi connectivity index (χ0n) is 19.2. The molecule has 5 heterocycles. The number of carbonyl (C=O) groups excluding carboxylic acids is 1. The number of nitrogens with zero attached hydrogens (tertiary/aromatic N) is 6. The van der Waals surface area contributed by atoms with E-state index in [1.807, 2.05) is 4.90 Å². The summed E-state index contributed by atoms with van der Waals surface area (Å²) < 4.78 is 20.8. The van der Waals surface area contributed by atoms with Gasteiger partial charge in [0.05, 0.1) is 5.69 Å². The van der Waals surface area contributed by atoms with Crippen LogP contribution in [0.1, 0.15) is 23.2 Å². The van der Waals surface area contributed by atoms with Crippen molar-refractivity contribution in [2.75, 3.05) is 18.4 Å². The molecule has 1 atom stereocenters. The molecule has 5 aromatic rings. The maximum absolute atomic E-state index is 13.5. The van der Waals surface area contributed by atoms with Crippen molar-refractivity contribution in [2.45, 2.75) is 18.9 Å². The fourth-order valence-electron chi connectivity index (χ4n) is 4.54. The van der Waals surface area contributed by atoms with E-state index in [9.17, 15) is 9.18 Å². The first-order valence-electron chi connectivity index (χ1n) is 11.7. The van der Waals surface area contributed by atoms with Gasteiger partial charge in [-0.3, -0.25) is 14.2 Å². The molecule has 0 saturated carbocycles. The molecule has 0 radical (unpaired) electrons. The van der Waals surface area contributed by atoms with Crippen LogP contribution in [-0.4, -0.2) is 54.3 Å². The molecule has 1 amide bonds. The van der Waals surface area contributed by atoms with Gasteiger partial charge in [-0.05, 0) is 55.3 Å². The molecule has 1 aliphatic rings. The van der Waals surface area contributed by atoms with E-state index in [1.165, 1.54) is 12.1 Å². The van der Waals surface area contributed by atoms with Crippen LogP contribution < -0.4 is 5.32 Å². The fraction of sp³-hybridized carbons (Fsp3) is 0.192. The minimum Gasteiger partial charge on any atom is -0.432 e. The Hall–Kier alpha value is -4.60. The molecule has 4 aromatic heterocycles. The Morgan fingerprint density at radius 2 is 1.89 bits per heavy atom. The molecule has 36 heavy (non-hydrogen) atoms.